The average Bonchev–Trinajstić information content (AvgIpc) is 3.07. The van der Waals surface area contributed by atoms with E-state index in [0.717, 1.165) is 44.5 Å². The maximum absolute atomic E-state index is 13.3. The van der Waals surface area contributed by atoms with Crippen molar-refractivity contribution in [3.8, 4) is 0 Å². The molecular weight excluding hydrogens is 231 g/mol. The average molecular weight is 248 g/mol. The Bertz CT molecular complexity index is 465. The minimum Gasteiger partial charge on any atom is -0.370 e. The van der Waals surface area contributed by atoms with E-state index in [1.54, 1.807) is 6.07 Å². The van der Waals surface area contributed by atoms with E-state index >= 15 is 0 Å². The predicted molar refractivity (Wildman–Crippen MR) is 69.2 cm³/mol. The summed E-state index contributed by atoms with van der Waals surface area (Å²) in [5.74, 6) is -0.134. The molecule has 1 amide bonds. The Balaban J connectivity index is 1.84. The summed E-state index contributed by atoms with van der Waals surface area (Å²) in [6.07, 6.45) is 4.24. The number of anilines is 2. The first kappa shape index (κ1) is 11.5. The van der Waals surface area contributed by atoms with Crippen molar-refractivity contribution in [2.45, 2.75) is 25.7 Å². The second-order valence-electron chi connectivity index (χ2n) is 5.12. The van der Waals surface area contributed by atoms with Gasteiger partial charge in [0.2, 0.25) is 5.91 Å². The van der Waals surface area contributed by atoms with Gasteiger partial charge in [-0.2, -0.15) is 0 Å². The summed E-state index contributed by atoms with van der Waals surface area (Å²) in [6, 6.07) is 4.65. The van der Waals surface area contributed by atoms with Crippen molar-refractivity contribution in [1.29, 1.82) is 0 Å². The highest BCUT2D eigenvalue weighted by Gasteiger charge is 2.30. The van der Waals surface area contributed by atoms with Gasteiger partial charge in [0.15, 0.2) is 0 Å². The molecule has 1 N–H and O–H groups in total. The number of nitrogens with zero attached hydrogens (tertiary/aromatic N) is 1. The second kappa shape index (κ2) is 4.59. The Morgan fingerprint density at radius 2 is 2.00 bits per heavy atom. The monoisotopic (exact) mass is 248 g/mol. The molecule has 0 radical (unpaired) electrons. The number of hydrogen-bond donors (Lipinski definition) is 1. The standard InChI is InChI=1S/C14H17FN2O/c15-11-5-6-13(17-7-1-2-8-17)12(9-11)16-14(18)10-3-4-10/h5-6,9-10H,1-4,7-8H2,(H,16,18). The Morgan fingerprint density at radius 1 is 1.28 bits per heavy atom. The van der Waals surface area contributed by atoms with E-state index in [4.69, 9.17) is 0 Å². The van der Waals surface area contributed by atoms with Crippen molar-refractivity contribution in [3.05, 3.63) is 24.0 Å². The smallest absolute Gasteiger partial charge is 0.227 e. The molecule has 1 saturated heterocycles. The molecule has 1 saturated carbocycles. The molecule has 1 aromatic rings. The van der Waals surface area contributed by atoms with Gasteiger partial charge < -0.3 is 10.2 Å². The highest BCUT2D eigenvalue weighted by atomic mass is 19.1. The van der Waals surface area contributed by atoms with Crippen LogP contribution in [0.2, 0.25) is 0 Å². The zero-order valence-electron chi connectivity index (χ0n) is 10.3. The van der Waals surface area contributed by atoms with E-state index in [1.807, 2.05) is 0 Å². The normalized spacial score (nSPS) is 19.1. The van der Waals surface area contributed by atoms with Crippen LogP contribution >= 0.6 is 0 Å². The van der Waals surface area contributed by atoms with Crippen LogP contribution in [0.5, 0.6) is 0 Å². The Morgan fingerprint density at radius 3 is 2.67 bits per heavy atom. The number of hydrogen-bond acceptors (Lipinski definition) is 2. The zero-order valence-corrected chi connectivity index (χ0v) is 10.3. The fourth-order valence-electron chi connectivity index (χ4n) is 2.42. The molecule has 0 spiro atoms. The first-order chi connectivity index (χ1) is 8.74. The number of nitrogens with one attached hydrogen (secondary N) is 1. The van der Waals surface area contributed by atoms with Crippen LogP contribution in [0.3, 0.4) is 0 Å². The Hall–Kier alpha value is -1.58. The molecule has 1 heterocycles. The number of rotatable bonds is 3. The third kappa shape index (κ3) is 2.33. The zero-order chi connectivity index (χ0) is 12.5. The van der Waals surface area contributed by atoms with Gasteiger partial charge in [-0.15, -0.1) is 0 Å². The van der Waals surface area contributed by atoms with E-state index in [-0.39, 0.29) is 17.6 Å². The maximum atomic E-state index is 13.3. The van der Waals surface area contributed by atoms with Gasteiger partial charge in [0.25, 0.3) is 0 Å². The number of amides is 1. The molecule has 1 aliphatic carbocycles. The van der Waals surface area contributed by atoms with E-state index in [0.29, 0.717) is 5.69 Å². The van der Waals surface area contributed by atoms with Gasteiger partial charge in [-0.1, -0.05) is 0 Å². The lowest BCUT2D eigenvalue weighted by Gasteiger charge is -2.21. The topological polar surface area (TPSA) is 32.3 Å². The van der Waals surface area contributed by atoms with Crippen LogP contribution in [0.4, 0.5) is 15.8 Å². The van der Waals surface area contributed by atoms with Gasteiger partial charge in [0.1, 0.15) is 5.82 Å². The summed E-state index contributed by atoms with van der Waals surface area (Å²) in [5, 5.41) is 2.87. The molecule has 0 aromatic heterocycles. The third-order valence-electron chi connectivity index (χ3n) is 3.61. The number of halogens is 1. The molecule has 3 nitrogen and oxygen atoms in total. The molecule has 4 heteroatoms. The van der Waals surface area contributed by atoms with Gasteiger partial charge in [-0.25, -0.2) is 4.39 Å². The first-order valence-electron chi connectivity index (χ1n) is 6.59. The summed E-state index contributed by atoms with van der Waals surface area (Å²) < 4.78 is 13.3. The second-order valence-corrected chi connectivity index (χ2v) is 5.12. The first-order valence-corrected chi connectivity index (χ1v) is 6.59. The summed E-state index contributed by atoms with van der Waals surface area (Å²) in [6.45, 7) is 1.97. The van der Waals surface area contributed by atoms with Crippen LogP contribution in [0, 0.1) is 11.7 Å². The van der Waals surface area contributed by atoms with Crippen molar-refractivity contribution in [2.75, 3.05) is 23.3 Å². The van der Waals surface area contributed by atoms with Crippen LogP contribution in [0.25, 0.3) is 0 Å². The quantitative estimate of drug-likeness (QED) is 0.892. The summed E-state index contributed by atoms with van der Waals surface area (Å²) in [5.41, 5.74) is 1.57. The summed E-state index contributed by atoms with van der Waals surface area (Å²) in [7, 11) is 0. The van der Waals surface area contributed by atoms with Crippen molar-refractivity contribution in [1.82, 2.24) is 0 Å². The van der Waals surface area contributed by atoms with Gasteiger partial charge >= 0.3 is 0 Å². The fourth-order valence-corrected chi connectivity index (χ4v) is 2.42. The fraction of sp³-hybridized carbons (Fsp3) is 0.500. The van der Waals surface area contributed by atoms with Crippen LogP contribution in [-0.2, 0) is 4.79 Å². The van der Waals surface area contributed by atoms with E-state index in [1.165, 1.54) is 12.1 Å². The minimum atomic E-state index is -0.302. The molecule has 0 unspecified atom stereocenters. The van der Waals surface area contributed by atoms with Gasteiger partial charge in [0.05, 0.1) is 11.4 Å². The van der Waals surface area contributed by atoms with Crippen molar-refractivity contribution in [2.24, 2.45) is 5.92 Å². The van der Waals surface area contributed by atoms with Gasteiger partial charge in [-0.3, -0.25) is 4.79 Å². The molecule has 3 rings (SSSR count). The molecule has 2 aliphatic rings. The molecule has 96 valence electrons. The van der Waals surface area contributed by atoms with E-state index in [2.05, 4.69) is 10.2 Å². The largest absolute Gasteiger partial charge is 0.370 e. The molecule has 0 bridgehead atoms. The van der Waals surface area contributed by atoms with Crippen molar-refractivity contribution in [3.63, 3.8) is 0 Å². The predicted octanol–water partition coefficient (Wildman–Crippen LogP) is 2.77. The molecule has 1 aromatic carbocycles. The molecule has 0 atom stereocenters. The lowest BCUT2D eigenvalue weighted by molar-refractivity contribution is -0.117. The molecule has 18 heavy (non-hydrogen) atoms. The summed E-state index contributed by atoms with van der Waals surface area (Å²) in [4.78, 5) is 14.0. The van der Waals surface area contributed by atoms with Gasteiger partial charge in [0, 0.05) is 19.0 Å². The lowest BCUT2D eigenvalue weighted by Crippen LogP contribution is -2.21. The number of carbonyl (C=O) groups excluding carboxylic acids is 1. The van der Waals surface area contributed by atoms with Gasteiger partial charge in [-0.05, 0) is 43.9 Å². The van der Waals surface area contributed by atoms with Crippen LogP contribution in [0.1, 0.15) is 25.7 Å². The van der Waals surface area contributed by atoms with E-state index in [9.17, 15) is 9.18 Å². The number of benzene rings is 1. The van der Waals surface area contributed by atoms with Crippen LogP contribution in [0.15, 0.2) is 18.2 Å². The SMILES string of the molecule is O=C(Nc1cc(F)ccc1N1CCCC1)C1CC1. The van der Waals surface area contributed by atoms with Crippen LogP contribution in [-0.4, -0.2) is 19.0 Å². The Labute approximate surface area is 106 Å². The molecular formula is C14H17FN2O. The van der Waals surface area contributed by atoms with Crippen LogP contribution < -0.4 is 10.2 Å². The molecule has 1 aliphatic heterocycles. The highest BCUT2D eigenvalue weighted by Crippen LogP contribution is 2.34. The lowest BCUT2D eigenvalue weighted by atomic mass is 10.2. The summed E-state index contributed by atoms with van der Waals surface area (Å²) >= 11 is 0. The minimum absolute atomic E-state index is 0.0287. The third-order valence-corrected chi connectivity index (χ3v) is 3.61. The maximum Gasteiger partial charge on any atom is 0.227 e. The van der Waals surface area contributed by atoms with Crippen molar-refractivity contribution < 1.29 is 9.18 Å². The molecule has 2 fully saturated rings. The number of carbonyl (C=O) groups is 1. The van der Waals surface area contributed by atoms with Crippen molar-refractivity contribution >= 4 is 17.3 Å². The Kier molecular flexibility index (Phi) is 2.94. The van der Waals surface area contributed by atoms with E-state index < -0.39 is 0 Å². The highest BCUT2D eigenvalue weighted by molar-refractivity contribution is 5.97.